The van der Waals surface area contributed by atoms with Crippen LogP contribution in [0.2, 0.25) is 0 Å². The quantitative estimate of drug-likeness (QED) is 0.173. The molecule has 1 unspecified atom stereocenters. The zero-order chi connectivity index (χ0) is 27.9. The smallest absolute Gasteiger partial charge is 0.131 e. The van der Waals surface area contributed by atoms with Gasteiger partial charge in [0.15, 0.2) is 0 Å². The number of methoxy groups -OCH3 is 1. The average Bonchev–Trinajstić information content (AvgIpc) is 3.05. The molecule has 0 spiro atoms. The van der Waals surface area contributed by atoms with Gasteiger partial charge < -0.3 is 9.47 Å². The van der Waals surface area contributed by atoms with Gasteiger partial charge in [0.1, 0.15) is 18.1 Å². The molecule has 6 rings (SSSR count). The highest BCUT2D eigenvalue weighted by Crippen LogP contribution is 2.43. The predicted octanol–water partition coefficient (Wildman–Crippen LogP) is 9.79. The summed E-state index contributed by atoms with van der Waals surface area (Å²) in [6.45, 7) is 0.487. The van der Waals surface area contributed by atoms with Crippen molar-refractivity contribution < 1.29 is 9.47 Å². The average molecular weight is 533 g/mol. The zero-order valence-electron chi connectivity index (χ0n) is 23.1. The number of hydrogen-bond donors (Lipinski definition) is 0. The van der Waals surface area contributed by atoms with Gasteiger partial charge in [-0.05, 0) is 33.9 Å². The minimum Gasteiger partial charge on any atom is -0.496 e. The molecular weight excluding hydrogens is 500 g/mol. The van der Waals surface area contributed by atoms with Gasteiger partial charge in [-0.2, -0.15) is 0 Å². The van der Waals surface area contributed by atoms with Crippen LogP contribution in [0.5, 0.6) is 11.5 Å². The van der Waals surface area contributed by atoms with Crippen molar-refractivity contribution in [2.24, 2.45) is 0 Å². The van der Waals surface area contributed by atoms with E-state index in [0.29, 0.717) is 6.61 Å². The molecule has 2 nitrogen and oxygen atoms in total. The van der Waals surface area contributed by atoms with Crippen LogP contribution in [0.25, 0.3) is 22.3 Å². The van der Waals surface area contributed by atoms with Crippen LogP contribution in [-0.2, 0) is 6.61 Å². The van der Waals surface area contributed by atoms with E-state index in [1.807, 2.05) is 24.3 Å². The topological polar surface area (TPSA) is 18.5 Å². The molecule has 2 heteroatoms. The number of hydrogen-bond acceptors (Lipinski definition) is 2. The molecule has 6 aromatic rings. The van der Waals surface area contributed by atoms with Crippen LogP contribution in [0, 0.1) is 0 Å². The van der Waals surface area contributed by atoms with Gasteiger partial charge in [-0.1, -0.05) is 152 Å². The minimum atomic E-state index is -0.0414. The van der Waals surface area contributed by atoms with Gasteiger partial charge in [-0.25, -0.2) is 0 Å². The SMILES string of the molecule is COc1ccccc1-c1cccc(C(c2ccccc2)c2cccc(-c3ccccc3)c2OCc2ccccc2)c1. The second-order valence-corrected chi connectivity index (χ2v) is 10.0. The monoisotopic (exact) mass is 532 g/mol. The van der Waals surface area contributed by atoms with Crippen molar-refractivity contribution in [3.05, 3.63) is 180 Å². The Kier molecular flexibility index (Phi) is 7.91. The van der Waals surface area contributed by atoms with Gasteiger partial charge in [0, 0.05) is 22.6 Å². The normalized spacial score (nSPS) is 11.5. The van der Waals surface area contributed by atoms with Gasteiger partial charge in [0.2, 0.25) is 0 Å². The third-order valence-electron chi connectivity index (χ3n) is 7.44. The van der Waals surface area contributed by atoms with Crippen molar-refractivity contribution in [1.82, 2.24) is 0 Å². The van der Waals surface area contributed by atoms with Gasteiger partial charge in [0.05, 0.1) is 7.11 Å². The second kappa shape index (κ2) is 12.4. The Bertz CT molecular complexity index is 1710. The number of benzene rings is 6. The summed E-state index contributed by atoms with van der Waals surface area (Å²) in [5.74, 6) is 1.72. The molecule has 0 saturated carbocycles. The summed E-state index contributed by atoms with van der Waals surface area (Å²) in [6.07, 6.45) is 0. The van der Waals surface area contributed by atoms with Gasteiger partial charge in [0.25, 0.3) is 0 Å². The lowest BCUT2D eigenvalue weighted by Crippen LogP contribution is -2.08. The third kappa shape index (κ3) is 5.78. The molecule has 0 radical (unpaired) electrons. The molecule has 0 heterocycles. The second-order valence-electron chi connectivity index (χ2n) is 10.0. The summed E-state index contributed by atoms with van der Waals surface area (Å²) in [5.41, 5.74) is 9.07. The van der Waals surface area contributed by atoms with Crippen molar-refractivity contribution in [3.63, 3.8) is 0 Å². The van der Waals surface area contributed by atoms with Crippen LogP contribution in [0.1, 0.15) is 28.2 Å². The van der Waals surface area contributed by atoms with Crippen molar-refractivity contribution in [2.75, 3.05) is 7.11 Å². The van der Waals surface area contributed by atoms with Crippen LogP contribution >= 0.6 is 0 Å². The molecule has 0 aromatic heterocycles. The first-order chi connectivity index (χ1) is 20.3. The Balaban J connectivity index is 1.53. The summed E-state index contributed by atoms with van der Waals surface area (Å²) in [7, 11) is 1.72. The van der Waals surface area contributed by atoms with Gasteiger partial charge in [-0.15, -0.1) is 0 Å². The van der Waals surface area contributed by atoms with E-state index in [2.05, 4.69) is 133 Å². The van der Waals surface area contributed by atoms with Crippen molar-refractivity contribution >= 4 is 0 Å². The Morgan fingerprint density at radius 2 is 1.10 bits per heavy atom. The first-order valence-electron chi connectivity index (χ1n) is 13.9. The maximum atomic E-state index is 6.76. The van der Waals surface area contributed by atoms with E-state index in [-0.39, 0.29) is 5.92 Å². The standard InChI is InChI=1S/C39H32O2/c1-40-37-26-12-11-23-34(37)32-21-13-22-33(27-32)38(31-19-9-4-10-20-31)36-25-14-24-35(30-17-7-3-8-18-30)39(36)41-28-29-15-5-2-6-16-29/h2-27,38H,28H2,1H3. The molecule has 0 aliphatic carbocycles. The van der Waals surface area contributed by atoms with Crippen LogP contribution < -0.4 is 9.47 Å². The summed E-state index contributed by atoms with van der Waals surface area (Å²) < 4.78 is 12.5. The van der Waals surface area contributed by atoms with Crippen LogP contribution in [0.15, 0.2) is 158 Å². The van der Waals surface area contributed by atoms with E-state index in [9.17, 15) is 0 Å². The first-order valence-corrected chi connectivity index (χ1v) is 13.9. The van der Waals surface area contributed by atoms with E-state index in [1.54, 1.807) is 7.11 Å². The molecule has 1 atom stereocenters. The fourth-order valence-electron chi connectivity index (χ4n) is 5.48. The lowest BCUT2D eigenvalue weighted by atomic mass is 9.82. The van der Waals surface area contributed by atoms with E-state index >= 15 is 0 Å². The van der Waals surface area contributed by atoms with Crippen molar-refractivity contribution in [2.45, 2.75) is 12.5 Å². The highest BCUT2D eigenvalue weighted by atomic mass is 16.5. The summed E-state index contributed by atoms with van der Waals surface area (Å²) in [4.78, 5) is 0. The molecule has 200 valence electrons. The fourth-order valence-corrected chi connectivity index (χ4v) is 5.48. The Labute approximate surface area is 242 Å². The number of para-hydroxylation sites is 2. The maximum Gasteiger partial charge on any atom is 0.131 e. The minimum absolute atomic E-state index is 0.0414. The zero-order valence-corrected chi connectivity index (χ0v) is 23.1. The lowest BCUT2D eigenvalue weighted by Gasteiger charge is -2.25. The van der Waals surface area contributed by atoms with Gasteiger partial charge >= 0.3 is 0 Å². The highest BCUT2D eigenvalue weighted by Gasteiger charge is 2.24. The van der Waals surface area contributed by atoms with Crippen LogP contribution in [0.4, 0.5) is 0 Å². The summed E-state index contributed by atoms with van der Waals surface area (Å²) in [6, 6.07) is 55.0. The van der Waals surface area contributed by atoms with E-state index in [1.165, 1.54) is 11.1 Å². The van der Waals surface area contributed by atoms with E-state index in [4.69, 9.17) is 9.47 Å². The maximum absolute atomic E-state index is 6.76. The fraction of sp³-hybridized carbons (Fsp3) is 0.0769. The van der Waals surface area contributed by atoms with Crippen LogP contribution in [0.3, 0.4) is 0 Å². The molecule has 0 amide bonds. The molecule has 6 aromatic carbocycles. The van der Waals surface area contributed by atoms with Crippen molar-refractivity contribution in [1.29, 1.82) is 0 Å². The molecule has 0 saturated heterocycles. The summed E-state index contributed by atoms with van der Waals surface area (Å²) >= 11 is 0. The molecule has 0 bridgehead atoms. The predicted molar refractivity (Wildman–Crippen MR) is 168 cm³/mol. The molecule has 0 aliphatic heterocycles. The van der Waals surface area contributed by atoms with E-state index < -0.39 is 0 Å². The summed E-state index contributed by atoms with van der Waals surface area (Å²) in [5, 5.41) is 0. The Morgan fingerprint density at radius 1 is 0.512 bits per heavy atom. The molecule has 0 N–H and O–H groups in total. The molecule has 0 fully saturated rings. The largest absolute Gasteiger partial charge is 0.496 e. The third-order valence-corrected chi connectivity index (χ3v) is 7.44. The lowest BCUT2D eigenvalue weighted by molar-refractivity contribution is 0.304. The van der Waals surface area contributed by atoms with Crippen LogP contribution in [-0.4, -0.2) is 7.11 Å². The molecular formula is C39H32O2. The van der Waals surface area contributed by atoms with Crippen molar-refractivity contribution in [3.8, 4) is 33.8 Å². The molecule has 41 heavy (non-hydrogen) atoms. The van der Waals surface area contributed by atoms with Gasteiger partial charge in [-0.3, -0.25) is 0 Å². The Morgan fingerprint density at radius 3 is 1.85 bits per heavy atom. The number of ether oxygens (including phenoxy) is 2. The highest BCUT2D eigenvalue weighted by molar-refractivity contribution is 5.75. The number of rotatable bonds is 9. The van der Waals surface area contributed by atoms with E-state index in [0.717, 1.165) is 44.9 Å². The first kappa shape index (κ1) is 26.2. The molecule has 0 aliphatic rings. The Hall–Kier alpha value is -5.08.